The average molecular weight is 419 g/mol. The van der Waals surface area contributed by atoms with Crippen molar-refractivity contribution in [3.05, 3.63) is 109 Å². The first kappa shape index (κ1) is 19.6. The van der Waals surface area contributed by atoms with Gasteiger partial charge in [-0.15, -0.1) is 0 Å². The number of benzene rings is 4. The second kappa shape index (κ2) is 8.44. The highest BCUT2D eigenvalue weighted by Gasteiger charge is 2.14. The molecular weight excluding hydrogens is 398 g/mol. The van der Waals surface area contributed by atoms with Crippen molar-refractivity contribution in [1.29, 1.82) is 0 Å². The Hall–Kier alpha value is -4.31. The molecule has 4 nitrogen and oxygen atoms in total. The molecule has 0 saturated carbocycles. The predicted octanol–water partition coefficient (Wildman–Crippen LogP) is 6.43. The molecule has 0 unspecified atom stereocenters. The first-order valence-corrected chi connectivity index (χ1v) is 10.4. The number of carboxylic acids is 1. The van der Waals surface area contributed by atoms with Crippen LogP contribution in [0.4, 0.5) is 0 Å². The van der Waals surface area contributed by atoms with Crippen LogP contribution in [0.15, 0.2) is 109 Å². The van der Waals surface area contributed by atoms with E-state index in [9.17, 15) is 4.79 Å². The lowest BCUT2D eigenvalue weighted by atomic mass is 10.0. The summed E-state index contributed by atoms with van der Waals surface area (Å²) in [6.07, 6.45) is 0. The molecule has 0 radical (unpaired) electrons. The lowest BCUT2D eigenvalue weighted by Gasteiger charge is -2.15. The van der Waals surface area contributed by atoms with E-state index in [1.807, 2.05) is 42.5 Å². The summed E-state index contributed by atoms with van der Waals surface area (Å²) in [5.41, 5.74) is 5.59. The number of para-hydroxylation sites is 1. The number of hydrogen-bond acceptors (Lipinski definition) is 2. The molecule has 156 valence electrons. The SMILES string of the molecule is O=C(O)COc1ccc2cc(-c3ccc(-c4ccccc4)n3-c3ccccc3)ccc2c1. The van der Waals surface area contributed by atoms with E-state index in [2.05, 4.69) is 65.2 Å². The quantitative estimate of drug-likeness (QED) is 0.345. The summed E-state index contributed by atoms with van der Waals surface area (Å²) in [4.78, 5) is 10.8. The van der Waals surface area contributed by atoms with E-state index < -0.39 is 5.97 Å². The molecule has 0 amide bonds. The number of nitrogens with zero attached hydrogens (tertiary/aromatic N) is 1. The molecule has 1 heterocycles. The molecule has 0 aliphatic carbocycles. The molecule has 0 aliphatic rings. The van der Waals surface area contributed by atoms with Crippen molar-refractivity contribution in [2.75, 3.05) is 6.61 Å². The van der Waals surface area contributed by atoms with Gasteiger partial charge in [-0.3, -0.25) is 0 Å². The van der Waals surface area contributed by atoms with E-state index in [0.29, 0.717) is 5.75 Å². The fourth-order valence-electron chi connectivity index (χ4n) is 3.97. The fourth-order valence-corrected chi connectivity index (χ4v) is 3.97. The number of carboxylic acid groups (broad SMARTS) is 1. The lowest BCUT2D eigenvalue weighted by molar-refractivity contribution is -0.139. The Morgan fingerprint density at radius 3 is 2.03 bits per heavy atom. The Balaban J connectivity index is 1.60. The Morgan fingerprint density at radius 2 is 1.31 bits per heavy atom. The molecule has 0 atom stereocenters. The van der Waals surface area contributed by atoms with Gasteiger partial charge in [-0.25, -0.2) is 4.79 Å². The molecule has 0 saturated heterocycles. The minimum atomic E-state index is -0.990. The van der Waals surface area contributed by atoms with Crippen LogP contribution in [0.25, 0.3) is 39.0 Å². The second-order valence-corrected chi connectivity index (χ2v) is 7.55. The van der Waals surface area contributed by atoms with E-state index in [1.54, 1.807) is 6.07 Å². The maximum absolute atomic E-state index is 10.8. The van der Waals surface area contributed by atoms with Gasteiger partial charge in [0.15, 0.2) is 6.61 Å². The maximum atomic E-state index is 10.8. The highest BCUT2D eigenvalue weighted by Crippen LogP contribution is 2.34. The number of aliphatic carboxylic acids is 1. The first-order chi connectivity index (χ1) is 15.7. The molecule has 1 N–H and O–H groups in total. The van der Waals surface area contributed by atoms with Gasteiger partial charge in [0.05, 0.1) is 11.4 Å². The van der Waals surface area contributed by atoms with Crippen molar-refractivity contribution in [1.82, 2.24) is 4.57 Å². The zero-order valence-electron chi connectivity index (χ0n) is 17.3. The van der Waals surface area contributed by atoms with Crippen LogP contribution < -0.4 is 4.74 Å². The number of fused-ring (bicyclic) bond motifs is 1. The highest BCUT2D eigenvalue weighted by molar-refractivity contribution is 5.89. The normalized spacial score (nSPS) is 10.9. The molecule has 4 aromatic carbocycles. The molecule has 32 heavy (non-hydrogen) atoms. The molecule has 1 aromatic heterocycles. The predicted molar refractivity (Wildman–Crippen MR) is 127 cm³/mol. The second-order valence-electron chi connectivity index (χ2n) is 7.55. The Labute approximate surface area is 186 Å². The van der Waals surface area contributed by atoms with Crippen molar-refractivity contribution < 1.29 is 14.6 Å². The van der Waals surface area contributed by atoms with Gasteiger partial charge in [-0.1, -0.05) is 66.7 Å². The van der Waals surface area contributed by atoms with Gasteiger partial charge in [-0.05, 0) is 64.4 Å². The maximum Gasteiger partial charge on any atom is 0.341 e. The number of ether oxygens (including phenoxy) is 1. The summed E-state index contributed by atoms with van der Waals surface area (Å²) in [5.74, 6) is -0.442. The highest BCUT2D eigenvalue weighted by atomic mass is 16.5. The van der Waals surface area contributed by atoms with Crippen molar-refractivity contribution in [3.8, 4) is 34.0 Å². The van der Waals surface area contributed by atoms with Crippen LogP contribution in [0, 0.1) is 0 Å². The third-order valence-corrected chi connectivity index (χ3v) is 5.43. The average Bonchev–Trinajstić information content (AvgIpc) is 3.28. The van der Waals surface area contributed by atoms with E-state index in [1.165, 1.54) is 0 Å². The van der Waals surface area contributed by atoms with Crippen LogP contribution in [0.3, 0.4) is 0 Å². The van der Waals surface area contributed by atoms with E-state index in [4.69, 9.17) is 9.84 Å². The standard InChI is InChI=1S/C28H21NO3/c30-28(31)19-32-25-14-13-21-17-23(12-11-22(21)18-25)27-16-15-26(20-7-3-1-4-8-20)29(27)24-9-5-2-6-10-24/h1-18H,19H2,(H,30,31). The van der Waals surface area contributed by atoms with E-state index >= 15 is 0 Å². The summed E-state index contributed by atoms with van der Waals surface area (Å²) >= 11 is 0. The van der Waals surface area contributed by atoms with Crippen LogP contribution in [0.5, 0.6) is 5.75 Å². The van der Waals surface area contributed by atoms with Gasteiger partial charge in [0.25, 0.3) is 0 Å². The van der Waals surface area contributed by atoms with Gasteiger partial charge in [-0.2, -0.15) is 0 Å². The van der Waals surface area contributed by atoms with Gasteiger partial charge in [0.2, 0.25) is 0 Å². The van der Waals surface area contributed by atoms with Crippen molar-refractivity contribution in [2.45, 2.75) is 0 Å². The van der Waals surface area contributed by atoms with E-state index in [0.717, 1.165) is 39.0 Å². The summed E-state index contributed by atoms with van der Waals surface area (Å²) in [5, 5.41) is 10.9. The van der Waals surface area contributed by atoms with Crippen LogP contribution in [0.2, 0.25) is 0 Å². The summed E-state index contributed by atoms with van der Waals surface area (Å²) < 4.78 is 7.59. The molecule has 5 rings (SSSR count). The third-order valence-electron chi connectivity index (χ3n) is 5.43. The van der Waals surface area contributed by atoms with Crippen LogP contribution in [0.1, 0.15) is 0 Å². The molecular formula is C28H21NO3. The van der Waals surface area contributed by atoms with Crippen molar-refractivity contribution in [2.24, 2.45) is 0 Å². The van der Waals surface area contributed by atoms with Gasteiger partial charge in [0.1, 0.15) is 5.75 Å². The Morgan fingerprint density at radius 1 is 0.688 bits per heavy atom. The van der Waals surface area contributed by atoms with Crippen molar-refractivity contribution in [3.63, 3.8) is 0 Å². The van der Waals surface area contributed by atoms with Gasteiger partial charge >= 0.3 is 5.97 Å². The topological polar surface area (TPSA) is 51.5 Å². The Bertz CT molecular complexity index is 1390. The zero-order valence-corrected chi connectivity index (χ0v) is 17.3. The summed E-state index contributed by atoms with van der Waals surface area (Å²) in [7, 11) is 0. The van der Waals surface area contributed by atoms with Gasteiger partial charge in [0, 0.05) is 5.69 Å². The largest absolute Gasteiger partial charge is 0.482 e. The molecule has 0 fully saturated rings. The van der Waals surface area contributed by atoms with E-state index in [-0.39, 0.29) is 6.61 Å². The van der Waals surface area contributed by atoms with Crippen LogP contribution in [-0.4, -0.2) is 22.2 Å². The minimum absolute atomic E-state index is 0.351. The molecule has 5 aromatic rings. The Kier molecular flexibility index (Phi) is 5.18. The number of hydrogen-bond donors (Lipinski definition) is 1. The minimum Gasteiger partial charge on any atom is -0.482 e. The number of rotatable bonds is 6. The zero-order chi connectivity index (χ0) is 21.9. The van der Waals surface area contributed by atoms with Gasteiger partial charge < -0.3 is 14.4 Å². The molecule has 0 aliphatic heterocycles. The molecule has 0 spiro atoms. The number of aromatic nitrogens is 1. The summed E-state index contributed by atoms with van der Waals surface area (Å²) in [6.45, 7) is -0.351. The third kappa shape index (κ3) is 3.86. The van der Waals surface area contributed by atoms with Crippen LogP contribution in [-0.2, 0) is 4.79 Å². The molecule has 4 heteroatoms. The molecule has 0 bridgehead atoms. The smallest absolute Gasteiger partial charge is 0.341 e. The fraction of sp³-hybridized carbons (Fsp3) is 0.0357. The van der Waals surface area contributed by atoms with Crippen LogP contribution >= 0.6 is 0 Å². The monoisotopic (exact) mass is 419 g/mol. The lowest BCUT2D eigenvalue weighted by Crippen LogP contribution is -2.09. The van der Waals surface area contributed by atoms with Crippen molar-refractivity contribution >= 4 is 16.7 Å². The summed E-state index contributed by atoms with van der Waals surface area (Å²) in [6, 6.07) is 37.0. The number of carbonyl (C=O) groups is 1. The first-order valence-electron chi connectivity index (χ1n) is 10.4.